The fourth-order valence-electron chi connectivity index (χ4n) is 2.55. The highest BCUT2D eigenvalue weighted by molar-refractivity contribution is 6.30. The molecule has 0 radical (unpaired) electrons. The first kappa shape index (κ1) is 20.3. The number of nitrogens with zero attached hydrogens (tertiary/aromatic N) is 1. The van der Waals surface area contributed by atoms with E-state index in [9.17, 15) is 14.0 Å². The molecule has 0 aliphatic rings. The number of esters is 1. The number of pyridine rings is 1. The predicted molar refractivity (Wildman–Crippen MR) is 105 cm³/mol. The number of carbonyl (C=O) groups is 2. The number of rotatable bonds is 6. The molecule has 0 fully saturated rings. The molecule has 0 saturated heterocycles. The van der Waals surface area contributed by atoms with E-state index in [-0.39, 0.29) is 22.2 Å². The maximum Gasteiger partial charge on any atom is 0.356 e. The summed E-state index contributed by atoms with van der Waals surface area (Å²) in [5, 5.41) is 3.14. The minimum atomic E-state index is -0.669. The van der Waals surface area contributed by atoms with Crippen LogP contribution in [-0.4, -0.2) is 37.7 Å². The van der Waals surface area contributed by atoms with Crippen LogP contribution < -0.4 is 14.8 Å². The first-order valence-electron chi connectivity index (χ1n) is 8.36. The Morgan fingerprint density at radius 3 is 2.62 bits per heavy atom. The highest BCUT2D eigenvalue weighted by Crippen LogP contribution is 2.29. The molecule has 0 spiro atoms. The topological polar surface area (TPSA) is 86.8 Å². The van der Waals surface area contributed by atoms with Crippen molar-refractivity contribution in [1.29, 1.82) is 0 Å². The third kappa shape index (κ3) is 4.72. The number of methoxy groups -OCH3 is 2. The average molecular weight is 419 g/mol. The summed E-state index contributed by atoms with van der Waals surface area (Å²) < 4.78 is 29.3. The van der Waals surface area contributed by atoms with Gasteiger partial charge in [-0.15, -0.1) is 0 Å². The summed E-state index contributed by atoms with van der Waals surface area (Å²) in [6.45, 7) is -0.432. The summed E-state index contributed by atoms with van der Waals surface area (Å²) in [6.07, 6.45) is 0. The number of aromatic nitrogens is 1. The van der Waals surface area contributed by atoms with E-state index in [1.165, 1.54) is 32.4 Å². The predicted octanol–water partition coefficient (Wildman–Crippen LogP) is 3.84. The van der Waals surface area contributed by atoms with Crippen LogP contribution in [0.4, 0.5) is 10.1 Å². The van der Waals surface area contributed by atoms with Crippen LogP contribution in [0, 0.1) is 5.82 Å². The lowest BCUT2D eigenvalue weighted by Gasteiger charge is -2.12. The van der Waals surface area contributed by atoms with Crippen LogP contribution in [0.15, 0.2) is 42.5 Å². The van der Waals surface area contributed by atoms with Crippen LogP contribution in [0.25, 0.3) is 10.9 Å². The number of halogens is 2. The van der Waals surface area contributed by atoms with Crippen LogP contribution in [0.2, 0.25) is 5.02 Å². The Labute approximate surface area is 170 Å². The number of anilines is 1. The second-order valence-electron chi connectivity index (χ2n) is 5.84. The smallest absolute Gasteiger partial charge is 0.356 e. The molecular weight excluding hydrogens is 403 g/mol. The second-order valence-corrected chi connectivity index (χ2v) is 6.28. The minimum absolute atomic E-state index is 0.0179. The van der Waals surface area contributed by atoms with Crippen LogP contribution >= 0.6 is 11.6 Å². The standard InChI is InChI=1S/C20H16ClFN2O5/c1-27-12-4-6-15-13(8-12)18(9-17(23-15)20(26)28-2)29-10-19(25)24-16-5-3-11(21)7-14(16)22/h3-9H,10H2,1-2H3,(H,24,25). The lowest BCUT2D eigenvalue weighted by molar-refractivity contribution is -0.118. The Balaban J connectivity index is 1.85. The van der Waals surface area contributed by atoms with Crippen molar-refractivity contribution in [1.82, 2.24) is 4.98 Å². The van der Waals surface area contributed by atoms with Gasteiger partial charge in [0.15, 0.2) is 12.3 Å². The Morgan fingerprint density at radius 2 is 1.93 bits per heavy atom. The number of hydrogen-bond donors (Lipinski definition) is 1. The summed E-state index contributed by atoms with van der Waals surface area (Å²) in [6, 6.07) is 10.2. The Morgan fingerprint density at radius 1 is 1.14 bits per heavy atom. The highest BCUT2D eigenvalue weighted by atomic mass is 35.5. The summed E-state index contributed by atoms with van der Waals surface area (Å²) in [5.74, 6) is -1.15. The van der Waals surface area contributed by atoms with Gasteiger partial charge in [-0.05, 0) is 36.4 Å². The monoisotopic (exact) mass is 418 g/mol. The largest absolute Gasteiger partial charge is 0.497 e. The van der Waals surface area contributed by atoms with E-state index in [1.54, 1.807) is 18.2 Å². The average Bonchev–Trinajstić information content (AvgIpc) is 2.72. The normalized spacial score (nSPS) is 10.5. The Bertz CT molecular complexity index is 1090. The second kappa shape index (κ2) is 8.74. The first-order valence-corrected chi connectivity index (χ1v) is 8.74. The van der Waals surface area contributed by atoms with Crippen molar-refractivity contribution in [2.75, 3.05) is 26.1 Å². The van der Waals surface area contributed by atoms with Gasteiger partial charge in [-0.25, -0.2) is 14.2 Å². The summed E-state index contributed by atoms with van der Waals surface area (Å²) >= 11 is 5.70. The van der Waals surface area contributed by atoms with Crippen LogP contribution in [0.3, 0.4) is 0 Å². The molecule has 0 aliphatic carbocycles. The van der Waals surface area contributed by atoms with Gasteiger partial charge < -0.3 is 19.5 Å². The Hall–Kier alpha value is -3.39. The van der Waals surface area contributed by atoms with Crippen LogP contribution in [-0.2, 0) is 9.53 Å². The zero-order valence-electron chi connectivity index (χ0n) is 15.5. The van der Waals surface area contributed by atoms with E-state index in [0.717, 1.165) is 6.07 Å². The quantitative estimate of drug-likeness (QED) is 0.612. The number of carbonyl (C=O) groups excluding carboxylic acids is 2. The third-order valence-corrected chi connectivity index (χ3v) is 4.17. The first-order chi connectivity index (χ1) is 13.9. The maximum absolute atomic E-state index is 13.8. The van der Waals surface area contributed by atoms with Gasteiger partial charge in [0.25, 0.3) is 5.91 Å². The molecule has 1 N–H and O–H groups in total. The third-order valence-electron chi connectivity index (χ3n) is 3.94. The molecule has 29 heavy (non-hydrogen) atoms. The van der Waals surface area contributed by atoms with Crippen LogP contribution in [0.5, 0.6) is 11.5 Å². The molecule has 1 heterocycles. The highest BCUT2D eigenvalue weighted by Gasteiger charge is 2.16. The van der Waals surface area contributed by atoms with Crippen molar-refractivity contribution in [2.24, 2.45) is 0 Å². The number of amides is 1. The van der Waals surface area contributed by atoms with Gasteiger partial charge >= 0.3 is 5.97 Å². The van der Waals surface area contributed by atoms with Crippen molar-refractivity contribution < 1.29 is 28.2 Å². The van der Waals surface area contributed by atoms with Crippen molar-refractivity contribution in [3.63, 3.8) is 0 Å². The summed E-state index contributed by atoms with van der Waals surface area (Å²) in [5.41, 5.74) is 0.441. The number of ether oxygens (including phenoxy) is 3. The molecule has 0 saturated carbocycles. The molecule has 0 bridgehead atoms. The minimum Gasteiger partial charge on any atom is -0.497 e. The number of benzene rings is 2. The molecule has 0 atom stereocenters. The van der Waals surface area contributed by atoms with Crippen molar-refractivity contribution in [3.05, 3.63) is 59.0 Å². The molecule has 150 valence electrons. The molecule has 9 heteroatoms. The molecule has 0 unspecified atom stereocenters. The zero-order valence-corrected chi connectivity index (χ0v) is 16.2. The van der Waals surface area contributed by atoms with Crippen molar-refractivity contribution in [2.45, 2.75) is 0 Å². The molecule has 0 aliphatic heterocycles. The molecule has 1 aromatic heterocycles. The van der Waals surface area contributed by atoms with Gasteiger partial charge in [0.1, 0.15) is 17.3 Å². The van der Waals surface area contributed by atoms with E-state index < -0.39 is 24.3 Å². The number of hydrogen-bond acceptors (Lipinski definition) is 6. The van der Waals surface area contributed by atoms with E-state index in [1.807, 2.05) is 0 Å². The molecule has 3 aromatic rings. The van der Waals surface area contributed by atoms with Crippen LogP contribution in [0.1, 0.15) is 10.5 Å². The molecule has 3 rings (SSSR count). The summed E-state index contributed by atoms with van der Waals surface area (Å²) in [4.78, 5) is 28.3. The SMILES string of the molecule is COC(=O)c1cc(OCC(=O)Nc2ccc(Cl)cc2F)c2cc(OC)ccc2n1. The van der Waals surface area contributed by atoms with Gasteiger partial charge in [-0.3, -0.25) is 4.79 Å². The molecule has 2 aromatic carbocycles. The number of nitrogens with one attached hydrogen (secondary N) is 1. The lowest BCUT2D eigenvalue weighted by atomic mass is 10.1. The van der Waals surface area contributed by atoms with E-state index >= 15 is 0 Å². The maximum atomic E-state index is 13.8. The fraction of sp³-hybridized carbons (Fsp3) is 0.150. The van der Waals surface area contributed by atoms with Gasteiger partial charge in [-0.1, -0.05) is 11.6 Å². The van der Waals surface area contributed by atoms with Crippen molar-refractivity contribution in [3.8, 4) is 11.5 Å². The lowest BCUT2D eigenvalue weighted by Crippen LogP contribution is -2.21. The number of fused-ring (bicyclic) bond motifs is 1. The summed E-state index contributed by atoms with van der Waals surface area (Å²) in [7, 11) is 2.74. The van der Waals surface area contributed by atoms with E-state index in [0.29, 0.717) is 16.7 Å². The fourth-order valence-corrected chi connectivity index (χ4v) is 2.71. The van der Waals surface area contributed by atoms with Gasteiger partial charge in [0, 0.05) is 16.5 Å². The van der Waals surface area contributed by atoms with Crippen molar-refractivity contribution >= 4 is 40.1 Å². The molecule has 1 amide bonds. The molecule has 7 nitrogen and oxygen atoms in total. The Kier molecular flexibility index (Phi) is 6.13. The zero-order chi connectivity index (χ0) is 21.0. The van der Waals surface area contributed by atoms with Gasteiger partial charge in [0.05, 0.1) is 25.4 Å². The van der Waals surface area contributed by atoms with E-state index in [2.05, 4.69) is 10.3 Å². The van der Waals surface area contributed by atoms with Gasteiger partial charge in [-0.2, -0.15) is 0 Å². The van der Waals surface area contributed by atoms with Gasteiger partial charge in [0.2, 0.25) is 0 Å². The van der Waals surface area contributed by atoms with E-state index in [4.69, 9.17) is 25.8 Å². The molecular formula is C20H16ClFN2O5.